The van der Waals surface area contributed by atoms with Crippen molar-refractivity contribution in [1.29, 1.82) is 0 Å². The molecule has 1 aromatic carbocycles. The predicted octanol–water partition coefficient (Wildman–Crippen LogP) is 3.77. The molecule has 0 fully saturated rings. The first-order chi connectivity index (χ1) is 7.34. The second kappa shape index (κ2) is 5.45. The van der Waals surface area contributed by atoms with Crippen LogP contribution in [0, 0.1) is 0 Å². The molecule has 0 heterocycles. The maximum absolute atomic E-state index is 11.3. The van der Waals surface area contributed by atoms with Gasteiger partial charge in [-0.05, 0) is 34.1 Å². The van der Waals surface area contributed by atoms with E-state index in [9.17, 15) is 4.79 Å². The number of anilines is 1. The topological polar surface area (TPSA) is 38.3 Å². The maximum atomic E-state index is 11.3. The highest BCUT2D eigenvalue weighted by Crippen LogP contribution is 2.30. The zero-order valence-corrected chi connectivity index (χ0v) is 11.9. The van der Waals surface area contributed by atoms with Crippen LogP contribution in [0.1, 0.15) is 0 Å². The summed E-state index contributed by atoms with van der Waals surface area (Å²) in [5.41, 5.74) is 0.504. The molecule has 0 atom stereocenters. The Hall–Kier alpha value is -0.160. The summed E-state index contributed by atoms with van der Waals surface area (Å²) in [5.74, 6) is -0.0681. The van der Waals surface area contributed by atoms with Crippen LogP contribution in [-0.4, -0.2) is 16.8 Å². The Kier molecular flexibility index (Phi) is 4.73. The van der Waals surface area contributed by atoms with Gasteiger partial charge in [-0.3, -0.25) is 4.79 Å². The monoisotopic (exact) mass is 345 g/mol. The van der Waals surface area contributed by atoms with Crippen LogP contribution in [0.5, 0.6) is 5.75 Å². The number of amides is 1. The average molecular weight is 347 g/mol. The van der Waals surface area contributed by atoms with E-state index < -0.39 is 9.70 Å². The van der Waals surface area contributed by atoms with Crippen LogP contribution in [-0.2, 0) is 4.79 Å². The molecule has 0 radical (unpaired) electrons. The number of benzene rings is 1. The van der Waals surface area contributed by atoms with Crippen molar-refractivity contribution in [3.05, 3.63) is 22.7 Å². The molecule has 16 heavy (non-hydrogen) atoms. The normalized spacial score (nSPS) is 11.1. The Labute approximate surface area is 116 Å². The van der Waals surface area contributed by atoms with E-state index in [0.29, 0.717) is 15.9 Å². The number of hydrogen-bond donors (Lipinski definition) is 1. The Morgan fingerprint density at radius 2 is 2.06 bits per heavy atom. The highest BCUT2D eigenvalue weighted by molar-refractivity contribution is 9.10. The van der Waals surface area contributed by atoms with Crippen LogP contribution in [0.2, 0.25) is 0 Å². The van der Waals surface area contributed by atoms with Gasteiger partial charge in [-0.1, -0.05) is 34.8 Å². The number of ether oxygens (including phenoxy) is 1. The summed E-state index contributed by atoms with van der Waals surface area (Å²) in [6.45, 7) is 0. The molecule has 1 rings (SSSR count). The molecule has 1 aromatic rings. The van der Waals surface area contributed by atoms with E-state index in [1.54, 1.807) is 25.3 Å². The first kappa shape index (κ1) is 13.9. The number of alkyl halides is 3. The zero-order valence-electron chi connectivity index (χ0n) is 8.06. The molecular weight excluding hydrogens is 340 g/mol. The van der Waals surface area contributed by atoms with Crippen molar-refractivity contribution in [3.8, 4) is 5.75 Å². The number of halogens is 4. The van der Waals surface area contributed by atoms with E-state index in [1.807, 2.05) is 0 Å². The van der Waals surface area contributed by atoms with Crippen molar-refractivity contribution in [2.45, 2.75) is 3.79 Å². The molecule has 0 aliphatic carbocycles. The fraction of sp³-hybridized carbons (Fsp3) is 0.222. The molecule has 0 aromatic heterocycles. The van der Waals surface area contributed by atoms with E-state index in [2.05, 4.69) is 21.2 Å². The molecule has 7 heteroatoms. The molecule has 0 saturated carbocycles. The number of carbonyl (C=O) groups excluding carboxylic acids is 1. The van der Waals surface area contributed by atoms with Gasteiger partial charge in [-0.15, -0.1) is 0 Å². The first-order valence-electron chi connectivity index (χ1n) is 4.06. The molecule has 0 unspecified atom stereocenters. The number of rotatable bonds is 2. The maximum Gasteiger partial charge on any atom is 0.276 e. The van der Waals surface area contributed by atoms with Crippen molar-refractivity contribution < 1.29 is 9.53 Å². The van der Waals surface area contributed by atoms with E-state index in [1.165, 1.54) is 0 Å². The average Bonchev–Trinajstić information content (AvgIpc) is 2.16. The fourth-order valence-electron chi connectivity index (χ4n) is 0.946. The second-order valence-electron chi connectivity index (χ2n) is 2.80. The lowest BCUT2D eigenvalue weighted by Gasteiger charge is -2.12. The van der Waals surface area contributed by atoms with Gasteiger partial charge < -0.3 is 10.1 Å². The first-order valence-corrected chi connectivity index (χ1v) is 5.99. The number of methoxy groups -OCH3 is 1. The second-order valence-corrected chi connectivity index (χ2v) is 5.94. The van der Waals surface area contributed by atoms with Gasteiger partial charge in [0, 0.05) is 5.69 Å². The SMILES string of the molecule is COc1ccc(NC(=O)C(Cl)(Cl)Cl)cc1Br. The third kappa shape index (κ3) is 3.70. The number of hydrogen-bond acceptors (Lipinski definition) is 2. The van der Waals surface area contributed by atoms with Gasteiger partial charge in [0.25, 0.3) is 9.70 Å². The fourth-order valence-corrected chi connectivity index (χ4v) is 1.63. The van der Waals surface area contributed by atoms with E-state index in [-0.39, 0.29) is 0 Å². The summed E-state index contributed by atoms with van der Waals surface area (Å²) in [6.07, 6.45) is 0. The molecule has 0 saturated heterocycles. The summed E-state index contributed by atoms with van der Waals surface area (Å²) in [6, 6.07) is 4.96. The Morgan fingerprint density at radius 3 is 2.50 bits per heavy atom. The molecule has 1 N–H and O–H groups in total. The summed E-state index contributed by atoms with van der Waals surface area (Å²) in [5, 5.41) is 2.45. The van der Waals surface area contributed by atoms with Crippen molar-refractivity contribution in [1.82, 2.24) is 0 Å². The van der Waals surface area contributed by atoms with Gasteiger partial charge in [0.2, 0.25) is 0 Å². The molecule has 0 bridgehead atoms. The molecule has 88 valence electrons. The van der Waals surface area contributed by atoms with E-state index >= 15 is 0 Å². The predicted molar refractivity (Wildman–Crippen MR) is 69.6 cm³/mol. The van der Waals surface area contributed by atoms with Crippen LogP contribution in [0.4, 0.5) is 5.69 Å². The standard InChI is InChI=1S/C9H7BrCl3NO2/c1-16-7-3-2-5(4-6(7)10)14-8(15)9(11,12)13/h2-4H,1H3,(H,14,15). The Morgan fingerprint density at radius 1 is 1.44 bits per heavy atom. The van der Waals surface area contributed by atoms with Gasteiger partial charge in [0.05, 0.1) is 11.6 Å². The summed E-state index contributed by atoms with van der Waals surface area (Å²) < 4.78 is 3.75. The summed E-state index contributed by atoms with van der Waals surface area (Å²) in [4.78, 5) is 11.3. The largest absolute Gasteiger partial charge is 0.496 e. The highest BCUT2D eigenvalue weighted by Gasteiger charge is 2.30. The minimum absolute atomic E-state index is 0.504. The summed E-state index contributed by atoms with van der Waals surface area (Å²) in [7, 11) is 1.54. The lowest BCUT2D eigenvalue weighted by Crippen LogP contribution is -2.26. The lowest BCUT2D eigenvalue weighted by molar-refractivity contribution is -0.115. The van der Waals surface area contributed by atoms with Crippen molar-refractivity contribution in [2.24, 2.45) is 0 Å². The molecule has 0 aliphatic rings. The van der Waals surface area contributed by atoms with Crippen molar-refractivity contribution >= 4 is 62.3 Å². The van der Waals surface area contributed by atoms with Crippen LogP contribution in [0.15, 0.2) is 22.7 Å². The van der Waals surface area contributed by atoms with Gasteiger partial charge in [-0.25, -0.2) is 0 Å². The molecule has 3 nitrogen and oxygen atoms in total. The lowest BCUT2D eigenvalue weighted by atomic mass is 10.3. The third-order valence-electron chi connectivity index (χ3n) is 1.67. The molecular formula is C9H7BrCl3NO2. The third-order valence-corrected chi connectivity index (χ3v) is 2.80. The van der Waals surface area contributed by atoms with Crippen molar-refractivity contribution in [2.75, 3.05) is 12.4 Å². The van der Waals surface area contributed by atoms with Crippen LogP contribution in [0.25, 0.3) is 0 Å². The van der Waals surface area contributed by atoms with Gasteiger partial charge in [0.15, 0.2) is 0 Å². The number of nitrogens with one attached hydrogen (secondary N) is 1. The zero-order chi connectivity index (χ0) is 12.3. The van der Waals surface area contributed by atoms with Gasteiger partial charge in [0.1, 0.15) is 5.75 Å². The van der Waals surface area contributed by atoms with E-state index in [4.69, 9.17) is 39.5 Å². The minimum atomic E-state index is -1.98. The van der Waals surface area contributed by atoms with Gasteiger partial charge in [-0.2, -0.15) is 0 Å². The quantitative estimate of drug-likeness (QED) is 0.827. The van der Waals surface area contributed by atoms with Crippen LogP contribution in [0.3, 0.4) is 0 Å². The van der Waals surface area contributed by atoms with Gasteiger partial charge >= 0.3 is 0 Å². The smallest absolute Gasteiger partial charge is 0.276 e. The van der Waals surface area contributed by atoms with Crippen molar-refractivity contribution in [3.63, 3.8) is 0 Å². The minimum Gasteiger partial charge on any atom is -0.496 e. The van der Waals surface area contributed by atoms with Crippen LogP contribution >= 0.6 is 50.7 Å². The molecule has 1 amide bonds. The van der Waals surface area contributed by atoms with E-state index in [0.717, 1.165) is 0 Å². The van der Waals surface area contributed by atoms with Crippen LogP contribution < -0.4 is 10.1 Å². The Balaban J connectivity index is 2.84. The molecule has 0 aliphatic heterocycles. The highest BCUT2D eigenvalue weighted by atomic mass is 79.9. The summed E-state index contributed by atoms with van der Waals surface area (Å²) >= 11 is 19.5. The molecule has 0 spiro atoms. The Bertz CT molecular complexity index is 406. The number of carbonyl (C=O) groups is 1.